The van der Waals surface area contributed by atoms with Crippen LogP contribution in [0.15, 0.2) is 11.5 Å². The minimum atomic E-state index is -0.213. The van der Waals surface area contributed by atoms with Crippen molar-refractivity contribution in [2.75, 3.05) is 13.1 Å². The van der Waals surface area contributed by atoms with Crippen LogP contribution in [0.4, 0.5) is 0 Å². The van der Waals surface area contributed by atoms with Gasteiger partial charge in [0, 0.05) is 13.1 Å². The van der Waals surface area contributed by atoms with Crippen LogP contribution in [0.2, 0.25) is 0 Å². The number of hydrogen-bond acceptors (Lipinski definition) is 3. The molecule has 0 radical (unpaired) electrons. The highest BCUT2D eigenvalue weighted by atomic mass is 35.5. The molecule has 0 spiro atoms. The van der Waals surface area contributed by atoms with E-state index in [9.17, 15) is 0 Å². The maximum Gasteiger partial charge on any atom is 0.490 e. The lowest BCUT2D eigenvalue weighted by Gasteiger charge is -2.32. The molecule has 2 aliphatic heterocycles. The van der Waals surface area contributed by atoms with Gasteiger partial charge in [-0.05, 0) is 45.0 Å². The van der Waals surface area contributed by atoms with Crippen LogP contribution in [-0.2, 0) is 9.31 Å². The molecule has 1 N–H and O–H groups in total. The standard InChI is InChI=1S/C12H20BNO2.ClH/c1-11(2)12(3,4)16-13(15-11)10-5-8-6-14-7-9(8)10;/h5,8-9,14H,6-7H2,1-4H3;1H. The first-order valence-electron chi connectivity index (χ1n) is 6.19. The summed E-state index contributed by atoms with van der Waals surface area (Å²) in [5, 5.41) is 3.42. The van der Waals surface area contributed by atoms with Crippen molar-refractivity contribution in [3.05, 3.63) is 11.5 Å². The van der Waals surface area contributed by atoms with E-state index >= 15 is 0 Å². The summed E-state index contributed by atoms with van der Waals surface area (Å²) < 4.78 is 12.1. The Hall–Kier alpha value is -0.0251. The Balaban J connectivity index is 0.00000108. The number of rotatable bonds is 1. The van der Waals surface area contributed by atoms with E-state index in [1.54, 1.807) is 0 Å². The fourth-order valence-corrected chi connectivity index (χ4v) is 2.72. The van der Waals surface area contributed by atoms with Crippen molar-refractivity contribution < 1.29 is 9.31 Å². The molecule has 2 atom stereocenters. The maximum absolute atomic E-state index is 6.06. The predicted octanol–water partition coefficient (Wildman–Crippen LogP) is 1.82. The summed E-state index contributed by atoms with van der Waals surface area (Å²) in [5.41, 5.74) is 0.930. The predicted molar refractivity (Wildman–Crippen MR) is 71.3 cm³/mol. The van der Waals surface area contributed by atoms with Crippen molar-refractivity contribution in [3.8, 4) is 0 Å². The SMILES string of the molecule is CC1(C)OB(C2=CC3CNCC23)OC1(C)C.Cl. The molecule has 2 saturated heterocycles. The first-order chi connectivity index (χ1) is 7.41. The van der Waals surface area contributed by atoms with Crippen LogP contribution in [0, 0.1) is 11.8 Å². The van der Waals surface area contributed by atoms with Gasteiger partial charge >= 0.3 is 7.12 Å². The lowest BCUT2D eigenvalue weighted by atomic mass is 9.60. The molecule has 0 aromatic heterocycles. The molecule has 0 amide bonds. The first kappa shape index (κ1) is 13.4. The average molecular weight is 258 g/mol. The Bertz CT molecular complexity index is 340. The van der Waals surface area contributed by atoms with Gasteiger partial charge in [-0.15, -0.1) is 12.4 Å². The molecular weight excluding hydrogens is 236 g/mol. The van der Waals surface area contributed by atoms with Crippen molar-refractivity contribution in [1.82, 2.24) is 5.32 Å². The summed E-state index contributed by atoms with van der Waals surface area (Å²) in [7, 11) is -0.119. The molecular formula is C12H21BClNO2. The summed E-state index contributed by atoms with van der Waals surface area (Å²) in [5.74, 6) is 1.36. The third kappa shape index (κ3) is 1.86. The first-order valence-corrected chi connectivity index (χ1v) is 6.19. The molecule has 2 fully saturated rings. The number of fused-ring (bicyclic) bond motifs is 1. The van der Waals surface area contributed by atoms with E-state index in [1.165, 1.54) is 5.47 Å². The van der Waals surface area contributed by atoms with Gasteiger partial charge in [-0.2, -0.15) is 0 Å². The van der Waals surface area contributed by atoms with Crippen LogP contribution >= 0.6 is 12.4 Å². The molecule has 2 unspecified atom stereocenters. The van der Waals surface area contributed by atoms with E-state index in [1.807, 2.05) is 0 Å². The summed E-state index contributed by atoms with van der Waals surface area (Å²) in [6.45, 7) is 10.6. The molecule has 0 saturated carbocycles. The zero-order valence-corrected chi connectivity index (χ0v) is 11.8. The molecule has 96 valence electrons. The van der Waals surface area contributed by atoms with Crippen molar-refractivity contribution >= 4 is 19.5 Å². The highest BCUT2D eigenvalue weighted by Gasteiger charge is 2.56. The minimum absolute atomic E-state index is 0. The molecule has 3 nitrogen and oxygen atoms in total. The third-order valence-electron chi connectivity index (χ3n) is 4.62. The van der Waals surface area contributed by atoms with Gasteiger partial charge in [0.25, 0.3) is 0 Å². The van der Waals surface area contributed by atoms with Crippen LogP contribution in [0.1, 0.15) is 27.7 Å². The zero-order chi connectivity index (χ0) is 11.6. The Labute approximate surface area is 110 Å². The van der Waals surface area contributed by atoms with Crippen LogP contribution in [0.25, 0.3) is 0 Å². The van der Waals surface area contributed by atoms with Gasteiger partial charge in [0.05, 0.1) is 11.2 Å². The van der Waals surface area contributed by atoms with E-state index < -0.39 is 0 Å². The van der Waals surface area contributed by atoms with Gasteiger partial charge in [-0.25, -0.2) is 0 Å². The molecule has 5 heteroatoms. The van der Waals surface area contributed by atoms with E-state index in [0.717, 1.165) is 13.1 Å². The zero-order valence-electron chi connectivity index (χ0n) is 10.9. The van der Waals surface area contributed by atoms with Gasteiger partial charge in [0.1, 0.15) is 0 Å². The normalized spacial score (nSPS) is 36.9. The molecule has 3 aliphatic rings. The van der Waals surface area contributed by atoms with Gasteiger partial charge in [-0.3, -0.25) is 0 Å². The van der Waals surface area contributed by atoms with Crippen LogP contribution in [0.3, 0.4) is 0 Å². The van der Waals surface area contributed by atoms with Crippen LogP contribution in [-0.4, -0.2) is 31.4 Å². The Kier molecular flexibility index (Phi) is 3.14. The smallest absolute Gasteiger partial charge is 0.400 e. The maximum atomic E-state index is 6.06. The lowest BCUT2D eigenvalue weighted by Crippen LogP contribution is -2.41. The summed E-state index contributed by atoms with van der Waals surface area (Å²) in [6, 6.07) is 0. The highest BCUT2D eigenvalue weighted by molar-refractivity contribution is 6.55. The van der Waals surface area contributed by atoms with E-state index in [0.29, 0.717) is 11.8 Å². The van der Waals surface area contributed by atoms with E-state index in [-0.39, 0.29) is 30.7 Å². The summed E-state index contributed by atoms with van der Waals surface area (Å²) in [4.78, 5) is 0. The summed E-state index contributed by atoms with van der Waals surface area (Å²) >= 11 is 0. The Morgan fingerprint density at radius 3 is 2.29 bits per heavy atom. The minimum Gasteiger partial charge on any atom is -0.400 e. The highest BCUT2D eigenvalue weighted by Crippen LogP contribution is 2.45. The second-order valence-electron chi connectivity index (χ2n) is 6.18. The largest absolute Gasteiger partial charge is 0.490 e. The van der Waals surface area contributed by atoms with E-state index in [4.69, 9.17) is 9.31 Å². The monoisotopic (exact) mass is 257 g/mol. The van der Waals surface area contributed by atoms with Crippen molar-refractivity contribution in [1.29, 1.82) is 0 Å². The number of hydrogen-bond donors (Lipinski definition) is 1. The van der Waals surface area contributed by atoms with Gasteiger partial charge in [0.15, 0.2) is 0 Å². The number of nitrogens with one attached hydrogen (secondary N) is 1. The van der Waals surface area contributed by atoms with E-state index in [2.05, 4.69) is 39.1 Å². The molecule has 0 bridgehead atoms. The average Bonchev–Trinajstić information content (AvgIpc) is 2.53. The van der Waals surface area contributed by atoms with Gasteiger partial charge < -0.3 is 14.6 Å². The van der Waals surface area contributed by atoms with Crippen LogP contribution in [0.5, 0.6) is 0 Å². The third-order valence-corrected chi connectivity index (χ3v) is 4.62. The Morgan fingerprint density at radius 2 is 1.76 bits per heavy atom. The lowest BCUT2D eigenvalue weighted by molar-refractivity contribution is 0.00578. The second kappa shape index (κ2) is 3.99. The van der Waals surface area contributed by atoms with Crippen molar-refractivity contribution in [2.24, 2.45) is 11.8 Å². The quantitative estimate of drug-likeness (QED) is 0.727. The fraction of sp³-hybridized carbons (Fsp3) is 0.833. The second-order valence-corrected chi connectivity index (χ2v) is 6.18. The summed E-state index contributed by atoms with van der Waals surface area (Å²) in [6.07, 6.45) is 2.33. The van der Waals surface area contributed by atoms with Crippen molar-refractivity contribution in [2.45, 2.75) is 38.9 Å². The molecule has 2 heterocycles. The van der Waals surface area contributed by atoms with Crippen LogP contribution < -0.4 is 5.32 Å². The molecule has 0 aromatic rings. The molecule has 3 rings (SSSR count). The molecule has 0 aromatic carbocycles. The van der Waals surface area contributed by atoms with Crippen molar-refractivity contribution in [3.63, 3.8) is 0 Å². The van der Waals surface area contributed by atoms with Gasteiger partial charge in [0.2, 0.25) is 0 Å². The molecule has 17 heavy (non-hydrogen) atoms. The van der Waals surface area contributed by atoms with Gasteiger partial charge in [-0.1, -0.05) is 6.08 Å². The fourth-order valence-electron chi connectivity index (χ4n) is 2.72. The molecule has 1 aliphatic carbocycles. The number of halogens is 1. The Morgan fingerprint density at radius 1 is 1.18 bits per heavy atom. The topological polar surface area (TPSA) is 30.5 Å².